The maximum Gasteiger partial charge on any atom is 0.573 e. The quantitative estimate of drug-likeness (QED) is 0.232. The monoisotopic (exact) mass is 608 g/mol. The van der Waals surface area contributed by atoms with E-state index in [9.17, 15) is 18.0 Å². The molecule has 1 unspecified atom stereocenters. The molecule has 2 amide bonds. The summed E-state index contributed by atoms with van der Waals surface area (Å²) < 4.78 is 41.2. The van der Waals surface area contributed by atoms with Gasteiger partial charge < -0.3 is 15.0 Å². The van der Waals surface area contributed by atoms with E-state index in [0.717, 1.165) is 29.1 Å². The third-order valence-electron chi connectivity index (χ3n) is 6.98. The van der Waals surface area contributed by atoms with Gasteiger partial charge in [0.15, 0.2) is 5.17 Å². The van der Waals surface area contributed by atoms with Gasteiger partial charge in [0.1, 0.15) is 11.4 Å². The minimum atomic E-state index is -4.76. The second kappa shape index (κ2) is 12.5. The highest BCUT2D eigenvalue weighted by Crippen LogP contribution is 2.35. The van der Waals surface area contributed by atoms with Crippen molar-refractivity contribution in [3.63, 3.8) is 0 Å². The predicted octanol–water partition coefficient (Wildman–Crippen LogP) is 7.64. The van der Waals surface area contributed by atoms with Gasteiger partial charge in [0, 0.05) is 23.5 Å². The fraction of sp³-hybridized carbons (Fsp3) is 0.290. The van der Waals surface area contributed by atoms with Crippen LogP contribution >= 0.6 is 11.8 Å². The number of carbonyl (C=O) groups excluding carboxylic acids is 1. The summed E-state index contributed by atoms with van der Waals surface area (Å²) in [5.74, 6) is 0.882. The molecule has 3 aromatic carbocycles. The zero-order chi connectivity index (χ0) is 30.7. The van der Waals surface area contributed by atoms with Gasteiger partial charge in [-0.25, -0.2) is 4.79 Å². The van der Waals surface area contributed by atoms with Crippen molar-refractivity contribution >= 4 is 28.6 Å². The minimum absolute atomic E-state index is 0.288. The van der Waals surface area contributed by atoms with Crippen molar-refractivity contribution in [2.75, 3.05) is 17.2 Å². The lowest BCUT2D eigenvalue weighted by Gasteiger charge is -2.24. The van der Waals surface area contributed by atoms with Crippen molar-refractivity contribution in [2.24, 2.45) is 4.99 Å². The molecule has 1 aliphatic heterocycles. The summed E-state index contributed by atoms with van der Waals surface area (Å²) >= 11 is 1.57. The number of ether oxygens (including phenoxy) is 1. The molecule has 1 fully saturated rings. The molecule has 1 N–H and O–H groups in total. The summed E-state index contributed by atoms with van der Waals surface area (Å²) in [6, 6.07) is 18.4. The lowest BCUT2D eigenvalue weighted by atomic mass is 9.95. The first-order valence-corrected chi connectivity index (χ1v) is 14.7. The number of alkyl halides is 3. The number of amidine groups is 1. The lowest BCUT2D eigenvalue weighted by molar-refractivity contribution is -0.274. The number of aromatic nitrogens is 3. The number of aliphatic imine (C=N–C) groups is 1. The van der Waals surface area contributed by atoms with Gasteiger partial charge in [0.05, 0.1) is 17.9 Å². The van der Waals surface area contributed by atoms with E-state index in [1.807, 2.05) is 37.3 Å². The molecule has 0 spiro atoms. The standard InChI is InChI=1S/C31H31F3N6O2S/c1-19(2)28-20(3)6-5-7-27(28)39-16-17-43-30(39)37-29(41)36-21(4)22-8-10-23(11-9-22)26-18-35-40(38-26)24-12-14-25(15-13-24)42-31(32,33)34/h5-15,18-19,21H,16-17H2,1-4H3,(H,36,41)/b37-30-. The van der Waals surface area contributed by atoms with Crippen LogP contribution in [0, 0.1) is 6.92 Å². The van der Waals surface area contributed by atoms with Crippen LogP contribution in [0.5, 0.6) is 5.75 Å². The van der Waals surface area contributed by atoms with E-state index in [-0.39, 0.29) is 11.8 Å². The van der Waals surface area contributed by atoms with Crippen LogP contribution in [0.25, 0.3) is 16.9 Å². The smallest absolute Gasteiger partial charge is 0.406 e. The molecule has 1 atom stereocenters. The number of urea groups is 1. The van der Waals surface area contributed by atoms with E-state index in [0.29, 0.717) is 22.5 Å². The number of hydrogen-bond donors (Lipinski definition) is 1. The minimum Gasteiger partial charge on any atom is -0.406 e. The van der Waals surface area contributed by atoms with Gasteiger partial charge in [-0.15, -0.1) is 18.3 Å². The van der Waals surface area contributed by atoms with Gasteiger partial charge in [0.2, 0.25) is 0 Å². The van der Waals surface area contributed by atoms with Crippen LogP contribution in [0.3, 0.4) is 0 Å². The summed E-state index contributed by atoms with van der Waals surface area (Å²) in [4.78, 5) is 20.8. The Morgan fingerprint density at radius 3 is 2.44 bits per heavy atom. The van der Waals surface area contributed by atoms with Crippen LogP contribution in [0.4, 0.5) is 23.7 Å². The van der Waals surface area contributed by atoms with E-state index in [4.69, 9.17) is 0 Å². The molecule has 0 radical (unpaired) electrons. The molecule has 43 heavy (non-hydrogen) atoms. The Bertz CT molecular complexity index is 1620. The van der Waals surface area contributed by atoms with Crippen molar-refractivity contribution in [1.82, 2.24) is 20.3 Å². The molecule has 224 valence electrons. The van der Waals surface area contributed by atoms with Crippen molar-refractivity contribution in [3.05, 3.63) is 89.6 Å². The number of hydrogen-bond acceptors (Lipinski definition) is 5. The number of anilines is 1. The molecule has 1 saturated heterocycles. The van der Waals surface area contributed by atoms with Crippen LogP contribution in [0.15, 0.2) is 77.9 Å². The number of aryl methyl sites for hydroxylation is 1. The van der Waals surface area contributed by atoms with E-state index >= 15 is 0 Å². The third-order valence-corrected chi connectivity index (χ3v) is 7.94. The number of halogens is 3. The number of rotatable bonds is 7. The summed E-state index contributed by atoms with van der Waals surface area (Å²) in [7, 11) is 0. The van der Waals surface area contributed by atoms with Crippen molar-refractivity contribution in [2.45, 2.75) is 46.0 Å². The number of carbonyl (C=O) groups is 1. The molecule has 8 nitrogen and oxygen atoms in total. The predicted molar refractivity (Wildman–Crippen MR) is 163 cm³/mol. The number of nitrogens with one attached hydrogen (secondary N) is 1. The van der Waals surface area contributed by atoms with Gasteiger partial charge in [-0.3, -0.25) is 0 Å². The number of amides is 2. The maximum absolute atomic E-state index is 12.9. The van der Waals surface area contributed by atoms with Crippen molar-refractivity contribution < 1.29 is 22.7 Å². The highest BCUT2D eigenvalue weighted by Gasteiger charge is 2.31. The summed E-state index contributed by atoms with van der Waals surface area (Å²) in [5.41, 5.74) is 6.34. The molecule has 1 aromatic heterocycles. The Hall–Kier alpha value is -4.32. The Morgan fingerprint density at radius 1 is 1.05 bits per heavy atom. The first-order chi connectivity index (χ1) is 20.5. The number of nitrogens with zero attached hydrogens (tertiary/aromatic N) is 5. The summed E-state index contributed by atoms with van der Waals surface area (Å²) in [6.07, 6.45) is -3.19. The highest BCUT2D eigenvalue weighted by atomic mass is 32.2. The maximum atomic E-state index is 12.9. The van der Waals surface area contributed by atoms with Crippen LogP contribution in [0.1, 0.15) is 49.4 Å². The molecule has 0 bridgehead atoms. The molecular weight excluding hydrogens is 577 g/mol. The van der Waals surface area contributed by atoms with Crippen LogP contribution < -0.4 is 15.0 Å². The average molecular weight is 609 g/mol. The Labute approximate surface area is 252 Å². The van der Waals surface area contributed by atoms with Crippen LogP contribution in [0.2, 0.25) is 0 Å². The number of thioether (sulfide) groups is 1. The molecular formula is C31H31F3N6O2S. The zero-order valence-corrected chi connectivity index (χ0v) is 24.9. The third kappa shape index (κ3) is 7.19. The molecule has 12 heteroatoms. The Morgan fingerprint density at radius 2 is 1.77 bits per heavy atom. The van der Waals surface area contributed by atoms with Gasteiger partial charge in [-0.05, 0) is 66.8 Å². The molecule has 0 aliphatic carbocycles. The summed E-state index contributed by atoms with van der Waals surface area (Å²) in [6.45, 7) is 9.14. The topological polar surface area (TPSA) is 84.6 Å². The van der Waals surface area contributed by atoms with Gasteiger partial charge in [0.25, 0.3) is 0 Å². The van der Waals surface area contributed by atoms with Gasteiger partial charge >= 0.3 is 12.4 Å². The van der Waals surface area contributed by atoms with E-state index in [2.05, 4.69) is 63.0 Å². The largest absolute Gasteiger partial charge is 0.573 e. The number of benzene rings is 3. The molecule has 2 heterocycles. The van der Waals surface area contributed by atoms with Crippen molar-refractivity contribution in [3.8, 4) is 22.7 Å². The SMILES string of the molecule is Cc1cccc(N2CCS/C2=N\C(=O)NC(C)c2ccc(-c3cnn(-c4ccc(OC(F)(F)F)cc4)n3)cc2)c1C(C)C. The van der Waals surface area contributed by atoms with Crippen LogP contribution in [-0.4, -0.2) is 44.9 Å². The van der Waals surface area contributed by atoms with Gasteiger partial charge in [-0.1, -0.05) is 62.0 Å². The second-order valence-corrected chi connectivity index (χ2v) is 11.5. The second-order valence-electron chi connectivity index (χ2n) is 10.4. The fourth-order valence-corrected chi connectivity index (χ4v) is 5.95. The fourth-order valence-electron chi connectivity index (χ4n) is 5.00. The molecule has 4 aromatic rings. The first-order valence-electron chi connectivity index (χ1n) is 13.8. The lowest BCUT2D eigenvalue weighted by Crippen LogP contribution is -2.29. The van der Waals surface area contributed by atoms with Crippen LogP contribution in [-0.2, 0) is 0 Å². The van der Waals surface area contributed by atoms with E-state index < -0.39 is 12.4 Å². The molecule has 1 aliphatic rings. The Kier molecular flexibility index (Phi) is 8.77. The molecule has 0 saturated carbocycles. The normalized spacial score (nSPS) is 15.3. The zero-order valence-electron chi connectivity index (χ0n) is 24.1. The van der Waals surface area contributed by atoms with Gasteiger partial charge in [-0.2, -0.15) is 14.9 Å². The average Bonchev–Trinajstić information content (AvgIpc) is 3.62. The van der Waals surface area contributed by atoms with Crippen molar-refractivity contribution in [1.29, 1.82) is 0 Å². The summed E-state index contributed by atoms with van der Waals surface area (Å²) in [5, 5.41) is 12.3. The Balaban J connectivity index is 1.23. The van der Waals surface area contributed by atoms with E-state index in [1.165, 1.54) is 40.2 Å². The molecule has 5 rings (SSSR count). The van der Waals surface area contributed by atoms with E-state index in [1.54, 1.807) is 18.0 Å². The first kappa shape index (κ1) is 30.1. The highest BCUT2D eigenvalue weighted by molar-refractivity contribution is 8.14.